The molecule has 0 saturated carbocycles. The number of rotatable bonds is 2. The minimum absolute atomic E-state index is 0.0106. The van der Waals surface area contributed by atoms with Crippen molar-refractivity contribution in [1.29, 1.82) is 0 Å². The third-order valence-corrected chi connectivity index (χ3v) is 2.59. The largest absolute Gasteiger partial charge is 0.497 e. The van der Waals surface area contributed by atoms with Gasteiger partial charge in [-0.2, -0.15) is 5.10 Å². The van der Waals surface area contributed by atoms with Crippen molar-refractivity contribution >= 4 is 11.6 Å². The predicted molar refractivity (Wildman–Crippen MR) is 61.5 cm³/mol. The van der Waals surface area contributed by atoms with Crippen molar-refractivity contribution in [3.63, 3.8) is 0 Å². The maximum absolute atomic E-state index is 11.1. The molecule has 1 amide bonds. The number of nitrogens with zero attached hydrogens (tertiary/aromatic N) is 2. The van der Waals surface area contributed by atoms with E-state index in [9.17, 15) is 4.79 Å². The van der Waals surface area contributed by atoms with Crippen molar-refractivity contribution in [2.75, 3.05) is 13.7 Å². The zero-order valence-corrected chi connectivity index (χ0v) is 9.43. The summed E-state index contributed by atoms with van der Waals surface area (Å²) in [5, 5.41) is 5.77. The summed E-state index contributed by atoms with van der Waals surface area (Å²) in [6, 6.07) is 7.71. The molecule has 4 heteroatoms. The van der Waals surface area contributed by atoms with E-state index in [0.717, 1.165) is 23.4 Å². The van der Waals surface area contributed by atoms with Gasteiger partial charge in [-0.25, -0.2) is 5.01 Å². The molecule has 0 N–H and O–H groups in total. The second kappa shape index (κ2) is 4.35. The SMILES string of the molecule is COc1ccc(C2=NN(C(C)=O)CC2)cc1. The summed E-state index contributed by atoms with van der Waals surface area (Å²) in [6.07, 6.45) is 0.811. The first-order valence-electron chi connectivity index (χ1n) is 5.20. The van der Waals surface area contributed by atoms with Crippen LogP contribution in [0.3, 0.4) is 0 Å². The van der Waals surface area contributed by atoms with Crippen molar-refractivity contribution in [3.8, 4) is 5.75 Å². The van der Waals surface area contributed by atoms with Crippen LogP contribution in [0, 0.1) is 0 Å². The topological polar surface area (TPSA) is 41.9 Å². The number of carbonyl (C=O) groups is 1. The molecular weight excluding hydrogens is 204 g/mol. The molecule has 0 aromatic heterocycles. The van der Waals surface area contributed by atoms with Gasteiger partial charge < -0.3 is 4.74 Å². The molecule has 2 rings (SSSR count). The maximum Gasteiger partial charge on any atom is 0.239 e. The number of amides is 1. The Labute approximate surface area is 94.5 Å². The summed E-state index contributed by atoms with van der Waals surface area (Å²) in [4.78, 5) is 11.1. The van der Waals surface area contributed by atoms with E-state index >= 15 is 0 Å². The van der Waals surface area contributed by atoms with Crippen LogP contribution in [-0.4, -0.2) is 30.3 Å². The number of hydrazone groups is 1. The molecule has 0 radical (unpaired) electrons. The minimum atomic E-state index is -0.0106. The molecule has 16 heavy (non-hydrogen) atoms. The van der Waals surface area contributed by atoms with Crippen LogP contribution in [0.2, 0.25) is 0 Å². The Morgan fingerprint density at radius 3 is 2.56 bits per heavy atom. The van der Waals surface area contributed by atoms with Crippen LogP contribution in [0.1, 0.15) is 18.9 Å². The summed E-state index contributed by atoms with van der Waals surface area (Å²) < 4.78 is 5.09. The van der Waals surface area contributed by atoms with Crippen LogP contribution < -0.4 is 4.74 Å². The quantitative estimate of drug-likeness (QED) is 0.757. The van der Waals surface area contributed by atoms with E-state index in [2.05, 4.69) is 5.10 Å². The van der Waals surface area contributed by atoms with Crippen molar-refractivity contribution in [2.24, 2.45) is 5.10 Å². The van der Waals surface area contributed by atoms with E-state index < -0.39 is 0 Å². The molecule has 0 bridgehead atoms. The highest BCUT2D eigenvalue weighted by Gasteiger charge is 2.18. The Kier molecular flexibility index (Phi) is 2.90. The lowest BCUT2D eigenvalue weighted by Gasteiger charge is -2.05. The van der Waals surface area contributed by atoms with Gasteiger partial charge in [0.25, 0.3) is 0 Å². The van der Waals surface area contributed by atoms with E-state index in [0.29, 0.717) is 6.54 Å². The highest BCUT2D eigenvalue weighted by Crippen LogP contribution is 2.17. The minimum Gasteiger partial charge on any atom is -0.497 e. The Morgan fingerprint density at radius 2 is 2.06 bits per heavy atom. The zero-order chi connectivity index (χ0) is 11.5. The van der Waals surface area contributed by atoms with Crippen molar-refractivity contribution < 1.29 is 9.53 Å². The molecule has 1 heterocycles. The molecule has 84 valence electrons. The summed E-state index contributed by atoms with van der Waals surface area (Å²) in [6.45, 7) is 2.21. The van der Waals surface area contributed by atoms with Gasteiger partial charge in [-0.05, 0) is 29.8 Å². The number of carbonyl (C=O) groups excluding carboxylic acids is 1. The lowest BCUT2D eigenvalue weighted by Crippen LogP contribution is -2.19. The zero-order valence-electron chi connectivity index (χ0n) is 9.43. The Hall–Kier alpha value is -1.84. The van der Waals surface area contributed by atoms with Crippen molar-refractivity contribution in [2.45, 2.75) is 13.3 Å². The Morgan fingerprint density at radius 1 is 1.38 bits per heavy atom. The summed E-state index contributed by atoms with van der Waals surface area (Å²) >= 11 is 0. The lowest BCUT2D eigenvalue weighted by atomic mass is 10.1. The van der Waals surface area contributed by atoms with Crippen LogP contribution in [0.4, 0.5) is 0 Å². The third kappa shape index (κ3) is 2.05. The van der Waals surface area contributed by atoms with Gasteiger partial charge in [0.05, 0.1) is 19.4 Å². The van der Waals surface area contributed by atoms with Crippen molar-refractivity contribution in [1.82, 2.24) is 5.01 Å². The molecule has 1 aliphatic heterocycles. The Bertz CT molecular complexity index is 423. The van der Waals surface area contributed by atoms with Gasteiger partial charge in [0.15, 0.2) is 0 Å². The number of methoxy groups -OCH3 is 1. The molecule has 4 nitrogen and oxygen atoms in total. The van der Waals surface area contributed by atoms with Crippen molar-refractivity contribution in [3.05, 3.63) is 29.8 Å². The van der Waals surface area contributed by atoms with E-state index in [-0.39, 0.29) is 5.91 Å². The fraction of sp³-hybridized carbons (Fsp3) is 0.333. The van der Waals surface area contributed by atoms with Crippen LogP contribution in [0.5, 0.6) is 5.75 Å². The fourth-order valence-corrected chi connectivity index (χ4v) is 1.67. The lowest BCUT2D eigenvalue weighted by molar-refractivity contribution is -0.128. The molecule has 0 fully saturated rings. The number of hydrogen-bond donors (Lipinski definition) is 0. The second-order valence-electron chi connectivity index (χ2n) is 3.67. The van der Waals surface area contributed by atoms with Gasteiger partial charge in [0, 0.05) is 13.3 Å². The highest BCUT2D eigenvalue weighted by molar-refractivity contribution is 6.02. The van der Waals surface area contributed by atoms with E-state index in [1.54, 1.807) is 7.11 Å². The molecular formula is C12H14N2O2. The summed E-state index contributed by atoms with van der Waals surface area (Å²) in [7, 11) is 1.64. The van der Waals surface area contributed by atoms with Crippen LogP contribution >= 0.6 is 0 Å². The first kappa shape index (κ1) is 10.7. The van der Waals surface area contributed by atoms with E-state index in [1.165, 1.54) is 11.9 Å². The number of ether oxygens (including phenoxy) is 1. The number of benzene rings is 1. The average Bonchev–Trinajstić information content (AvgIpc) is 2.78. The normalized spacial score (nSPS) is 14.9. The molecule has 0 unspecified atom stereocenters. The molecule has 0 saturated heterocycles. The van der Waals surface area contributed by atoms with E-state index in [1.807, 2.05) is 24.3 Å². The second-order valence-corrected chi connectivity index (χ2v) is 3.67. The summed E-state index contributed by atoms with van der Waals surface area (Å²) in [5.74, 6) is 0.814. The smallest absolute Gasteiger partial charge is 0.239 e. The van der Waals surface area contributed by atoms with Gasteiger partial charge >= 0.3 is 0 Å². The molecule has 0 aliphatic carbocycles. The van der Waals surface area contributed by atoms with Gasteiger partial charge in [0.2, 0.25) is 5.91 Å². The third-order valence-electron chi connectivity index (χ3n) is 2.59. The molecule has 0 spiro atoms. The van der Waals surface area contributed by atoms with Crippen LogP contribution in [-0.2, 0) is 4.79 Å². The van der Waals surface area contributed by atoms with Crippen LogP contribution in [0.25, 0.3) is 0 Å². The van der Waals surface area contributed by atoms with Crippen LogP contribution in [0.15, 0.2) is 29.4 Å². The first-order valence-corrected chi connectivity index (χ1v) is 5.20. The van der Waals surface area contributed by atoms with Gasteiger partial charge in [-0.15, -0.1) is 0 Å². The molecule has 1 aliphatic rings. The Balaban J connectivity index is 2.19. The fourth-order valence-electron chi connectivity index (χ4n) is 1.67. The highest BCUT2D eigenvalue weighted by atomic mass is 16.5. The number of hydrogen-bond acceptors (Lipinski definition) is 3. The molecule has 1 aromatic rings. The molecule has 1 aromatic carbocycles. The molecule has 0 atom stereocenters. The monoisotopic (exact) mass is 218 g/mol. The summed E-state index contributed by atoms with van der Waals surface area (Å²) in [5.41, 5.74) is 2.00. The van der Waals surface area contributed by atoms with Gasteiger partial charge in [0.1, 0.15) is 5.75 Å². The van der Waals surface area contributed by atoms with Gasteiger partial charge in [-0.1, -0.05) is 0 Å². The standard InChI is InChI=1S/C12H14N2O2/c1-9(15)14-8-7-12(13-14)10-3-5-11(16-2)6-4-10/h3-6H,7-8H2,1-2H3. The van der Waals surface area contributed by atoms with E-state index in [4.69, 9.17) is 4.74 Å². The maximum atomic E-state index is 11.1. The first-order chi connectivity index (χ1) is 7.70. The van der Waals surface area contributed by atoms with Gasteiger partial charge in [-0.3, -0.25) is 4.79 Å². The predicted octanol–water partition coefficient (Wildman–Crippen LogP) is 1.65. The average molecular weight is 218 g/mol.